The van der Waals surface area contributed by atoms with Crippen LogP contribution in [0, 0.1) is 6.92 Å². The Bertz CT molecular complexity index is 1650. The summed E-state index contributed by atoms with van der Waals surface area (Å²) in [4.78, 5) is 29.9. The molecule has 0 saturated carbocycles. The molecule has 0 bridgehead atoms. The van der Waals surface area contributed by atoms with Crippen LogP contribution in [0.25, 0.3) is 0 Å². The van der Waals surface area contributed by atoms with E-state index in [-0.39, 0.29) is 35.7 Å². The van der Waals surface area contributed by atoms with Gasteiger partial charge in [-0.1, -0.05) is 104 Å². The average Bonchev–Trinajstić information content (AvgIpc) is 3.02. The zero-order chi connectivity index (χ0) is 32.6. The molecular weight excluding hydrogens is 582 g/mol. The minimum atomic E-state index is -4.14. The predicted molar refractivity (Wildman–Crippen MR) is 180 cm³/mol. The van der Waals surface area contributed by atoms with E-state index in [1.807, 2.05) is 93.6 Å². The van der Waals surface area contributed by atoms with E-state index in [1.165, 1.54) is 4.90 Å². The lowest BCUT2D eigenvalue weighted by atomic mass is 10.0. The monoisotopic (exact) mass is 625 g/mol. The number of amides is 2. The zero-order valence-electron chi connectivity index (χ0n) is 26.7. The highest BCUT2D eigenvalue weighted by Crippen LogP contribution is 2.27. The lowest BCUT2D eigenvalue weighted by Crippen LogP contribution is -2.54. The molecule has 0 aliphatic carbocycles. The second-order valence-electron chi connectivity index (χ2n) is 11.9. The van der Waals surface area contributed by atoms with Gasteiger partial charge in [0, 0.05) is 19.0 Å². The third kappa shape index (κ3) is 8.82. The van der Waals surface area contributed by atoms with Crippen LogP contribution >= 0.6 is 0 Å². The summed E-state index contributed by atoms with van der Waals surface area (Å²) in [7, 11) is -4.14. The number of hydrogen-bond acceptors (Lipinski definition) is 4. The molecule has 2 amide bonds. The third-order valence-corrected chi connectivity index (χ3v) is 9.42. The van der Waals surface area contributed by atoms with E-state index >= 15 is 0 Å². The average molecular weight is 626 g/mol. The fourth-order valence-corrected chi connectivity index (χ4v) is 6.52. The summed E-state index contributed by atoms with van der Waals surface area (Å²) in [6, 6.07) is 31.8. The van der Waals surface area contributed by atoms with Crippen molar-refractivity contribution < 1.29 is 18.0 Å². The van der Waals surface area contributed by atoms with Crippen LogP contribution in [0.5, 0.6) is 0 Å². The van der Waals surface area contributed by atoms with Crippen molar-refractivity contribution in [3.05, 3.63) is 131 Å². The van der Waals surface area contributed by atoms with Gasteiger partial charge in [-0.25, -0.2) is 8.42 Å². The summed E-state index contributed by atoms with van der Waals surface area (Å²) in [5, 5.41) is 2.98. The maximum Gasteiger partial charge on any atom is 0.264 e. The molecule has 0 saturated heterocycles. The van der Waals surface area contributed by atoms with Crippen molar-refractivity contribution in [3.8, 4) is 0 Å². The molecular formula is C37H43N3O4S. The van der Waals surface area contributed by atoms with Crippen LogP contribution in [-0.4, -0.2) is 43.8 Å². The van der Waals surface area contributed by atoms with Crippen LogP contribution in [0.1, 0.15) is 55.9 Å². The molecule has 1 N–H and O–H groups in total. The Labute approximate surface area is 268 Å². The molecule has 45 heavy (non-hydrogen) atoms. The molecule has 0 aliphatic heterocycles. The highest BCUT2D eigenvalue weighted by atomic mass is 32.2. The van der Waals surface area contributed by atoms with Crippen LogP contribution in [0.4, 0.5) is 5.69 Å². The number of anilines is 1. The Morgan fingerprint density at radius 1 is 0.733 bits per heavy atom. The molecule has 4 aromatic rings. The summed E-state index contributed by atoms with van der Waals surface area (Å²) < 4.78 is 29.5. The second kappa shape index (κ2) is 15.0. The SMILES string of the molecule is Cc1ccc(S(=O)(=O)N(CC(=O)N(Cc2ccccc2)C(Cc2ccccc2)C(=O)NC(C)C)c2ccc(C(C)C)cc2)cc1. The first-order valence-corrected chi connectivity index (χ1v) is 16.8. The predicted octanol–water partition coefficient (Wildman–Crippen LogP) is 6.48. The Morgan fingerprint density at radius 2 is 1.29 bits per heavy atom. The Balaban J connectivity index is 1.80. The first-order valence-electron chi connectivity index (χ1n) is 15.3. The standard InChI is InChI=1S/C37H43N3O4S/c1-27(2)32-18-20-33(21-19-32)40(45(43,44)34-22-16-29(5)17-23-34)26-36(41)39(25-31-14-10-7-11-15-31)35(37(42)38-28(3)4)24-30-12-8-6-9-13-30/h6-23,27-28,35H,24-26H2,1-5H3,(H,38,42). The summed E-state index contributed by atoms with van der Waals surface area (Å²) in [6.45, 7) is 9.41. The van der Waals surface area contributed by atoms with Crippen LogP contribution in [0.2, 0.25) is 0 Å². The van der Waals surface area contributed by atoms with Crippen molar-refractivity contribution in [1.82, 2.24) is 10.2 Å². The van der Waals surface area contributed by atoms with Gasteiger partial charge in [0.25, 0.3) is 10.0 Å². The summed E-state index contributed by atoms with van der Waals surface area (Å²) in [6.07, 6.45) is 0.270. The molecule has 236 valence electrons. The summed E-state index contributed by atoms with van der Waals surface area (Å²) >= 11 is 0. The first-order chi connectivity index (χ1) is 21.5. The van der Waals surface area contributed by atoms with Gasteiger partial charge in [0.1, 0.15) is 12.6 Å². The fraction of sp³-hybridized carbons (Fsp3) is 0.297. The van der Waals surface area contributed by atoms with E-state index in [4.69, 9.17) is 0 Å². The number of carbonyl (C=O) groups excluding carboxylic acids is 2. The molecule has 7 nitrogen and oxygen atoms in total. The van der Waals surface area contributed by atoms with E-state index in [1.54, 1.807) is 36.4 Å². The molecule has 1 unspecified atom stereocenters. The molecule has 4 aromatic carbocycles. The van der Waals surface area contributed by atoms with Gasteiger partial charge < -0.3 is 10.2 Å². The number of sulfonamides is 1. The smallest absolute Gasteiger partial charge is 0.264 e. The first kappa shape index (κ1) is 33.5. The summed E-state index contributed by atoms with van der Waals surface area (Å²) in [5.74, 6) is -0.530. The van der Waals surface area contributed by atoms with E-state index in [0.717, 1.165) is 26.6 Å². The van der Waals surface area contributed by atoms with Gasteiger partial charge in [0.2, 0.25) is 11.8 Å². The molecule has 0 spiro atoms. The number of aryl methyl sites for hydroxylation is 1. The molecule has 0 fully saturated rings. The van der Waals surface area contributed by atoms with Crippen molar-refractivity contribution in [3.63, 3.8) is 0 Å². The molecule has 8 heteroatoms. The molecule has 4 rings (SSSR count). The molecule has 0 radical (unpaired) electrons. The Kier molecular flexibility index (Phi) is 11.2. The highest BCUT2D eigenvalue weighted by molar-refractivity contribution is 7.92. The topological polar surface area (TPSA) is 86.8 Å². The second-order valence-corrected chi connectivity index (χ2v) is 13.8. The van der Waals surface area contributed by atoms with E-state index in [2.05, 4.69) is 19.2 Å². The zero-order valence-corrected chi connectivity index (χ0v) is 27.5. The quantitative estimate of drug-likeness (QED) is 0.184. The lowest BCUT2D eigenvalue weighted by Gasteiger charge is -2.34. The molecule has 1 atom stereocenters. The number of nitrogens with zero attached hydrogens (tertiary/aromatic N) is 2. The Hall–Kier alpha value is -4.43. The van der Waals surface area contributed by atoms with Crippen molar-refractivity contribution in [2.45, 2.75) is 70.5 Å². The van der Waals surface area contributed by atoms with Gasteiger partial charge in [-0.15, -0.1) is 0 Å². The number of benzene rings is 4. The van der Waals surface area contributed by atoms with Gasteiger partial charge in [0.05, 0.1) is 10.6 Å². The number of nitrogens with one attached hydrogen (secondary N) is 1. The lowest BCUT2D eigenvalue weighted by molar-refractivity contribution is -0.140. The van der Waals surface area contributed by atoms with Crippen LogP contribution < -0.4 is 9.62 Å². The van der Waals surface area contributed by atoms with Gasteiger partial charge in [-0.3, -0.25) is 13.9 Å². The molecule has 0 heterocycles. The normalized spacial score (nSPS) is 12.2. The minimum absolute atomic E-state index is 0.0850. The van der Waals surface area contributed by atoms with Crippen molar-refractivity contribution >= 4 is 27.5 Å². The highest BCUT2D eigenvalue weighted by Gasteiger charge is 2.34. The number of carbonyl (C=O) groups is 2. The van der Waals surface area contributed by atoms with Crippen LogP contribution in [0.3, 0.4) is 0 Å². The van der Waals surface area contributed by atoms with Gasteiger partial charge in [-0.05, 0) is 67.6 Å². The van der Waals surface area contributed by atoms with E-state index in [0.29, 0.717) is 5.69 Å². The van der Waals surface area contributed by atoms with Gasteiger partial charge in [0.15, 0.2) is 0 Å². The Morgan fingerprint density at radius 3 is 1.82 bits per heavy atom. The number of rotatable bonds is 13. The summed E-state index contributed by atoms with van der Waals surface area (Å²) in [5.41, 5.74) is 4.07. The fourth-order valence-electron chi connectivity index (χ4n) is 5.11. The van der Waals surface area contributed by atoms with Gasteiger partial charge in [-0.2, -0.15) is 0 Å². The molecule has 0 aromatic heterocycles. The van der Waals surface area contributed by atoms with E-state index in [9.17, 15) is 18.0 Å². The maximum atomic E-state index is 14.5. The maximum absolute atomic E-state index is 14.5. The van der Waals surface area contributed by atoms with Crippen molar-refractivity contribution in [2.24, 2.45) is 0 Å². The van der Waals surface area contributed by atoms with Crippen LogP contribution in [0.15, 0.2) is 114 Å². The number of hydrogen-bond donors (Lipinski definition) is 1. The minimum Gasteiger partial charge on any atom is -0.352 e. The molecule has 0 aliphatic rings. The van der Waals surface area contributed by atoms with Crippen molar-refractivity contribution in [1.29, 1.82) is 0 Å². The third-order valence-electron chi connectivity index (χ3n) is 7.63. The largest absolute Gasteiger partial charge is 0.352 e. The van der Waals surface area contributed by atoms with E-state index < -0.39 is 28.5 Å². The van der Waals surface area contributed by atoms with Gasteiger partial charge >= 0.3 is 0 Å². The van der Waals surface area contributed by atoms with Crippen molar-refractivity contribution in [2.75, 3.05) is 10.8 Å². The van der Waals surface area contributed by atoms with Crippen LogP contribution in [-0.2, 0) is 32.6 Å².